The van der Waals surface area contributed by atoms with Gasteiger partial charge in [-0.3, -0.25) is 0 Å². The van der Waals surface area contributed by atoms with E-state index < -0.39 is 5.41 Å². The minimum absolute atomic E-state index is 0.492. The summed E-state index contributed by atoms with van der Waals surface area (Å²) in [4.78, 5) is 5.06. The fourth-order valence-electron chi connectivity index (χ4n) is 9.99. The van der Waals surface area contributed by atoms with Crippen LogP contribution in [0.3, 0.4) is 0 Å². The van der Waals surface area contributed by atoms with Gasteiger partial charge in [-0.1, -0.05) is 194 Å². The highest BCUT2D eigenvalue weighted by atomic mass is 32.2. The Bertz CT molecular complexity index is 3230. The van der Waals surface area contributed by atoms with Gasteiger partial charge in [0.05, 0.1) is 16.8 Å². The lowest BCUT2D eigenvalue weighted by Gasteiger charge is -2.46. The summed E-state index contributed by atoms with van der Waals surface area (Å²) in [5.74, 6) is 0. The van der Waals surface area contributed by atoms with Crippen molar-refractivity contribution in [3.8, 4) is 22.3 Å². The quantitative estimate of drug-likeness (QED) is 0.177. The van der Waals surface area contributed by atoms with Crippen LogP contribution in [0, 0.1) is 0 Å². The normalized spacial score (nSPS) is 15.0. The van der Waals surface area contributed by atoms with E-state index in [1.54, 1.807) is 0 Å². The van der Waals surface area contributed by atoms with Crippen LogP contribution in [0.15, 0.2) is 222 Å². The van der Waals surface area contributed by atoms with E-state index in [0.29, 0.717) is 0 Å². The van der Waals surface area contributed by atoms with E-state index >= 15 is 0 Å². The molecule has 57 heavy (non-hydrogen) atoms. The third kappa shape index (κ3) is 4.65. The van der Waals surface area contributed by atoms with Gasteiger partial charge in [0.25, 0.3) is 0 Å². The molecule has 0 bridgehead atoms. The van der Waals surface area contributed by atoms with Crippen LogP contribution >= 0.6 is 11.8 Å². The van der Waals surface area contributed by atoms with Crippen molar-refractivity contribution in [3.05, 3.63) is 235 Å². The molecule has 10 aromatic carbocycles. The molecule has 0 radical (unpaired) electrons. The molecule has 1 aliphatic heterocycles. The minimum Gasteiger partial charge on any atom is -0.309 e. The molecule has 0 fully saturated rings. The first-order valence-corrected chi connectivity index (χ1v) is 20.5. The number of fused-ring (bicyclic) bond motifs is 10. The molecule has 2 heteroatoms. The number of hydrogen-bond acceptors (Lipinski definition) is 2. The smallest absolute Gasteiger partial charge is 0.0735 e. The molecule has 1 nitrogen and oxygen atoms in total. The number of hydrogen-bond donors (Lipinski definition) is 0. The number of rotatable bonds is 4. The molecule has 266 valence electrons. The Hall–Kier alpha value is -6.87. The predicted octanol–water partition coefficient (Wildman–Crippen LogP) is 15.1. The highest BCUT2D eigenvalue weighted by Gasteiger charge is 2.48. The topological polar surface area (TPSA) is 3.24 Å². The van der Waals surface area contributed by atoms with Crippen molar-refractivity contribution in [2.24, 2.45) is 0 Å². The molecule has 0 amide bonds. The van der Waals surface area contributed by atoms with Gasteiger partial charge in [-0.05, 0) is 96.4 Å². The van der Waals surface area contributed by atoms with Crippen LogP contribution < -0.4 is 4.90 Å². The Labute approximate surface area is 336 Å². The zero-order valence-electron chi connectivity index (χ0n) is 31.1. The molecular formula is C55H35NS. The van der Waals surface area contributed by atoms with Gasteiger partial charge in [-0.15, -0.1) is 0 Å². The zero-order valence-corrected chi connectivity index (χ0v) is 31.9. The predicted molar refractivity (Wildman–Crippen MR) is 241 cm³/mol. The third-order valence-electron chi connectivity index (χ3n) is 12.3. The number of anilines is 3. The molecule has 1 heterocycles. The lowest BCUT2D eigenvalue weighted by atomic mass is 9.59. The van der Waals surface area contributed by atoms with Crippen molar-refractivity contribution in [1.82, 2.24) is 0 Å². The SMILES string of the molecule is c1ccc(-c2cccc3c(N(c4ccc5c(c4)Sc4ccccc4C54c5ccccc5-c5cccc6cccc4c56)c4cccc5ccccc45)cccc23)cc1. The third-order valence-corrected chi connectivity index (χ3v) is 13.4. The van der Waals surface area contributed by atoms with E-state index in [2.05, 4.69) is 217 Å². The second kappa shape index (κ2) is 12.6. The standard InChI is InChI=1S/C55H35NS/c1-2-15-36(16-3-1)40-23-13-25-44-42(40)24-14-31-51(44)56(50-30-12-18-37-17-4-5-21-41(37)50)39-33-34-48-53(35-39)57-52-32-9-8-28-47(52)55(48)46-27-7-6-22-43(46)45-26-10-19-38-20-11-29-49(55)54(38)45/h1-35H. The first-order valence-electron chi connectivity index (χ1n) is 19.7. The van der Waals surface area contributed by atoms with Gasteiger partial charge in [0.1, 0.15) is 0 Å². The summed E-state index contributed by atoms with van der Waals surface area (Å²) in [6.07, 6.45) is 0. The molecule has 1 spiro atoms. The van der Waals surface area contributed by atoms with Gasteiger partial charge >= 0.3 is 0 Å². The van der Waals surface area contributed by atoms with Crippen molar-refractivity contribution in [1.29, 1.82) is 0 Å². The Morgan fingerprint density at radius 1 is 0.351 bits per heavy atom. The van der Waals surface area contributed by atoms with Crippen molar-refractivity contribution in [2.75, 3.05) is 4.90 Å². The lowest BCUT2D eigenvalue weighted by molar-refractivity contribution is 0.707. The summed E-state index contributed by atoms with van der Waals surface area (Å²) in [6.45, 7) is 0. The summed E-state index contributed by atoms with van der Waals surface area (Å²) in [5, 5.41) is 7.50. The summed E-state index contributed by atoms with van der Waals surface area (Å²) in [5.41, 5.74) is 13.4. The Morgan fingerprint density at radius 2 is 0.930 bits per heavy atom. The molecule has 0 N–H and O–H groups in total. The number of nitrogens with zero attached hydrogens (tertiary/aromatic N) is 1. The van der Waals surface area contributed by atoms with Gasteiger partial charge in [-0.2, -0.15) is 0 Å². The van der Waals surface area contributed by atoms with Crippen molar-refractivity contribution in [2.45, 2.75) is 15.2 Å². The zero-order chi connectivity index (χ0) is 37.5. The summed E-state index contributed by atoms with van der Waals surface area (Å²) in [7, 11) is 0. The van der Waals surface area contributed by atoms with Gasteiger partial charge in [0, 0.05) is 26.3 Å². The van der Waals surface area contributed by atoms with Crippen molar-refractivity contribution in [3.63, 3.8) is 0 Å². The van der Waals surface area contributed by atoms with Gasteiger partial charge in [0.15, 0.2) is 0 Å². The fraction of sp³-hybridized carbons (Fsp3) is 0.0182. The largest absolute Gasteiger partial charge is 0.309 e. The minimum atomic E-state index is -0.492. The molecular weight excluding hydrogens is 707 g/mol. The van der Waals surface area contributed by atoms with Crippen LogP contribution in [0.1, 0.15) is 22.3 Å². The number of benzene rings is 10. The van der Waals surface area contributed by atoms with E-state index in [1.165, 1.54) is 86.6 Å². The second-order valence-electron chi connectivity index (χ2n) is 15.2. The molecule has 1 atom stereocenters. The Balaban J connectivity index is 1.15. The van der Waals surface area contributed by atoms with Gasteiger partial charge in [0.2, 0.25) is 0 Å². The van der Waals surface area contributed by atoms with E-state index in [1.807, 2.05) is 11.8 Å². The summed E-state index contributed by atoms with van der Waals surface area (Å²) < 4.78 is 0. The van der Waals surface area contributed by atoms with E-state index in [-0.39, 0.29) is 0 Å². The summed E-state index contributed by atoms with van der Waals surface area (Å²) in [6, 6.07) is 78.9. The molecule has 12 rings (SSSR count). The average Bonchev–Trinajstić information content (AvgIpc) is 3.28. The highest BCUT2D eigenvalue weighted by molar-refractivity contribution is 7.99. The van der Waals surface area contributed by atoms with E-state index in [0.717, 1.165) is 17.1 Å². The molecule has 0 saturated carbocycles. The van der Waals surface area contributed by atoms with Crippen LogP contribution in [0.5, 0.6) is 0 Å². The highest BCUT2D eigenvalue weighted by Crippen LogP contribution is 2.62. The Morgan fingerprint density at radius 3 is 1.84 bits per heavy atom. The molecule has 1 unspecified atom stereocenters. The maximum atomic E-state index is 2.50. The monoisotopic (exact) mass is 741 g/mol. The van der Waals surface area contributed by atoms with Crippen LogP contribution in [0.4, 0.5) is 17.1 Å². The molecule has 2 aliphatic rings. The first kappa shape index (κ1) is 32.4. The van der Waals surface area contributed by atoms with Gasteiger partial charge < -0.3 is 4.90 Å². The van der Waals surface area contributed by atoms with Crippen LogP contribution in [0.25, 0.3) is 54.6 Å². The molecule has 0 aromatic heterocycles. The van der Waals surface area contributed by atoms with Crippen molar-refractivity contribution < 1.29 is 0 Å². The van der Waals surface area contributed by atoms with E-state index in [9.17, 15) is 0 Å². The van der Waals surface area contributed by atoms with Crippen LogP contribution in [-0.2, 0) is 5.41 Å². The molecule has 1 aliphatic carbocycles. The maximum Gasteiger partial charge on any atom is 0.0735 e. The molecule has 0 saturated heterocycles. The fourth-order valence-corrected chi connectivity index (χ4v) is 11.2. The van der Waals surface area contributed by atoms with Gasteiger partial charge in [-0.25, -0.2) is 0 Å². The maximum absolute atomic E-state index is 2.50. The van der Waals surface area contributed by atoms with Crippen molar-refractivity contribution >= 4 is 61.1 Å². The van der Waals surface area contributed by atoms with Crippen LogP contribution in [0.2, 0.25) is 0 Å². The summed E-state index contributed by atoms with van der Waals surface area (Å²) >= 11 is 1.90. The Kier molecular flexibility index (Phi) is 7.14. The average molecular weight is 742 g/mol. The first-order chi connectivity index (χ1) is 28.3. The second-order valence-corrected chi connectivity index (χ2v) is 16.2. The lowest BCUT2D eigenvalue weighted by Crippen LogP contribution is -2.36. The molecule has 10 aromatic rings. The van der Waals surface area contributed by atoms with E-state index in [4.69, 9.17) is 0 Å². The van der Waals surface area contributed by atoms with Crippen LogP contribution in [-0.4, -0.2) is 0 Å².